The summed E-state index contributed by atoms with van der Waals surface area (Å²) in [5, 5.41) is 6.76. The first kappa shape index (κ1) is 24.8. The van der Waals surface area contributed by atoms with Crippen LogP contribution in [0.4, 0.5) is 5.69 Å². The normalized spacial score (nSPS) is 11.2. The van der Waals surface area contributed by atoms with Crippen LogP contribution in [-0.2, 0) is 4.79 Å². The number of nitrogens with one attached hydrogen (secondary N) is 2. The van der Waals surface area contributed by atoms with Crippen molar-refractivity contribution in [1.82, 2.24) is 10.3 Å². The molecule has 6 nitrogen and oxygen atoms in total. The van der Waals surface area contributed by atoms with Crippen molar-refractivity contribution in [3.05, 3.63) is 100 Å². The minimum Gasteiger partial charge on any atom is -0.457 e. The highest BCUT2D eigenvalue weighted by molar-refractivity contribution is 7.80. The largest absolute Gasteiger partial charge is 0.457 e. The van der Waals surface area contributed by atoms with Gasteiger partial charge < -0.3 is 14.2 Å². The van der Waals surface area contributed by atoms with Crippen LogP contribution in [0.2, 0.25) is 10.0 Å². The molecule has 2 aromatic heterocycles. The molecular formula is C28H19Cl2N3O3S. The van der Waals surface area contributed by atoms with Gasteiger partial charge in [-0.3, -0.25) is 10.1 Å². The standard InChI is InChI=1S/C28H19Cl2N3O3S/c1-16-4-2-3-5-20(16)27-32-23-15-18(7-11-25(23)36-27)31-28(37)33-26(34)13-9-19-8-12-24(35-19)21-10-6-17(29)14-22(21)30/h2-15H,1H3,(H2,31,33,34,37)/b13-9+. The molecule has 184 valence electrons. The van der Waals surface area contributed by atoms with Crippen LogP contribution in [0.1, 0.15) is 11.3 Å². The number of halogens is 2. The van der Waals surface area contributed by atoms with Crippen LogP contribution in [0.3, 0.4) is 0 Å². The van der Waals surface area contributed by atoms with Gasteiger partial charge in [0, 0.05) is 27.9 Å². The zero-order valence-electron chi connectivity index (χ0n) is 19.4. The van der Waals surface area contributed by atoms with E-state index in [0.717, 1.165) is 11.1 Å². The lowest BCUT2D eigenvalue weighted by Gasteiger charge is -2.07. The first-order valence-electron chi connectivity index (χ1n) is 11.2. The van der Waals surface area contributed by atoms with Crippen LogP contribution < -0.4 is 10.6 Å². The summed E-state index contributed by atoms with van der Waals surface area (Å²) in [4.78, 5) is 17.0. The smallest absolute Gasteiger partial charge is 0.250 e. The Morgan fingerprint density at radius 3 is 2.62 bits per heavy atom. The molecule has 2 heterocycles. The van der Waals surface area contributed by atoms with E-state index >= 15 is 0 Å². The number of furan rings is 1. The number of hydrogen-bond donors (Lipinski definition) is 2. The molecule has 0 aliphatic carbocycles. The molecule has 0 saturated carbocycles. The van der Waals surface area contributed by atoms with Crippen LogP contribution in [0.15, 0.2) is 87.7 Å². The SMILES string of the molecule is Cc1ccccc1-c1nc2cc(NC(=S)NC(=O)/C=C/c3ccc(-c4ccc(Cl)cc4Cl)o3)ccc2o1. The molecule has 0 unspecified atom stereocenters. The Morgan fingerprint density at radius 1 is 0.973 bits per heavy atom. The summed E-state index contributed by atoms with van der Waals surface area (Å²) >= 11 is 17.5. The van der Waals surface area contributed by atoms with Crippen molar-refractivity contribution >= 4 is 69.3 Å². The second kappa shape index (κ2) is 10.6. The van der Waals surface area contributed by atoms with Gasteiger partial charge in [0.15, 0.2) is 10.7 Å². The minimum atomic E-state index is -0.413. The van der Waals surface area contributed by atoms with Gasteiger partial charge in [0.2, 0.25) is 11.8 Å². The maximum Gasteiger partial charge on any atom is 0.250 e. The van der Waals surface area contributed by atoms with Gasteiger partial charge in [-0.15, -0.1) is 0 Å². The van der Waals surface area contributed by atoms with Crippen LogP contribution in [-0.4, -0.2) is 16.0 Å². The fourth-order valence-corrected chi connectivity index (χ4v) is 4.40. The number of aromatic nitrogens is 1. The van der Waals surface area contributed by atoms with Crippen molar-refractivity contribution in [3.8, 4) is 22.8 Å². The predicted molar refractivity (Wildman–Crippen MR) is 152 cm³/mol. The third-order valence-corrected chi connectivity index (χ3v) is 6.23. The second-order valence-corrected chi connectivity index (χ2v) is 9.37. The fourth-order valence-electron chi connectivity index (χ4n) is 3.68. The second-order valence-electron chi connectivity index (χ2n) is 8.12. The number of carbonyl (C=O) groups excluding carboxylic acids is 1. The van der Waals surface area contributed by atoms with E-state index in [-0.39, 0.29) is 5.11 Å². The highest BCUT2D eigenvalue weighted by Gasteiger charge is 2.12. The van der Waals surface area contributed by atoms with Gasteiger partial charge in [0.1, 0.15) is 17.0 Å². The molecule has 0 fully saturated rings. The average molecular weight is 548 g/mol. The summed E-state index contributed by atoms with van der Waals surface area (Å²) < 4.78 is 11.7. The molecule has 5 rings (SSSR count). The molecule has 0 spiro atoms. The number of nitrogens with zero attached hydrogens (tertiary/aromatic N) is 1. The molecule has 0 bridgehead atoms. The number of thiocarbonyl (C=S) groups is 1. The van der Waals surface area contributed by atoms with E-state index in [0.29, 0.717) is 49.8 Å². The first-order chi connectivity index (χ1) is 17.9. The Labute approximate surface area is 227 Å². The zero-order chi connectivity index (χ0) is 25.9. The Morgan fingerprint density at radius 2 is 1.81 bits per heavy atom. The van der Waals surface area contributed by atoms with E-state index in [1.165, 1.54) is 6.08 Å². The van der Waals surface area contributed by atoms with Gasteiger partial charge in [0.25, 0.3) is 0 Å². The van der Waals surface area contributed by atoms with Crippen molar-refractivity contribution in [2.24, 2.45) is 0 Å². The van der Waals surface area contributed by atoms with Gasteiger partial charge in [-0.1, -0.05) is 41.4 Å². The van der Waals surface area contributed by atoms with Gasteiger partial charge in [-0.2, -0.15) is 0 Å². The van der Waals surface area contributed by atoms with Gasteiger partial charge >= 0.3 is 0 Å². The van der Waals surface area contributed by atoms with E-state index in [9.17, 15) is 4.79 Å². The maximum absolute atomic E-state index is 12.4. The minimum absolute atomic E-state index is 0.143. The highest BCUT2D eigenvalue weighted by Crippen LogP contribution is 2.32. The number of oxazole rings is 1. The summed E-state index contributed by atoms with van der Waals surface area (Å²) in [5.41, 5.74) is 4.70. The lowest BCUT2D eigenvalue weighted by atomic mass is 10.1. The molecule has 2 N–H and O–H groups in total. The zero-order valence-corrected chi connectivity index (χ0v) is 21.7. The number of aryl methyl sites for hydroxylation is 1. The number of hydrogen-bond acceptors (Lipinski definition) is 5. The van der Waals surface area contributed by atoms with Crippen LogP contribution in [0, 0.1) is 6.92 Å². The lowest BCUT2D eigenvalue weighted by molar-refractivity contribution is -0.115. The summed E-state index contributed by atoms with van der Waals surface area (Å²) in [6.07, 6.45) is 2.87. The molecule has 9 heteroatoms. The fraction of sp³-hybridized carbons (Fsp3) is 0.0357. The number of rotatable bonds is 5. The van der Waals surface area contributed by atoms with E-state index in [4.69, 9.17) is 44.3 Å². The average Bonchev–Trinajstić information content (AvgIpc) is 3.50. The maximum atomic E-state index is 12.4. The molecule has 1 amide bonds. The van der Waals surface area contributed by atoms with Gasteiger partial charge in [-0.05, 0) is 85.4 Å². The molecule has 0 radical (unpaired) electrons. The number of benzene rings is 3. The first-order valence-corrected chi connectivity index (χ1v) is 12.3. The van der Waals surface area contributed by atoms with Gasteiger partial charge in [-0.25, -0.2) is 4.98 Å². The molecule has 5 aromatic rings. The van der Waals surface area contributed by atoms with Crippen molar-refractivity contribution in [1.29, 1.82) is 0 Å². The molecule has 3 aromatic carbocycles. The summed E-state index contributed by atoms with van der Waals surface area (Å²) in [5.74, 6) is 1.18. The number of fused-ring (bicyclic) bond motifs is 1. The third-order valence-electron chi connectivity index (χ3n) is 5.48. The van der Waals surface area contributed by atoms with E-state index in [2.05, 4.69) is 15.6 Å². The van der Waals surface area contributed by atoms with E-state index < -0.39 is 5.91 Å². The monoisotopic (exact) mass is 547 g/mol. The van der Waals surface area contributed by atoms with Crippen LogP contribution >= 0.6 is 35.4 Å². The van der Waals surface area contributed by atoms with Crippen molar-refractivity contribution < 1.29 is 13.6 Å². The molecule has 0 saturated heterocycles. The Balaban J connectivity index is 1.21. The van der Waals surface area contributed by atoms with E-state index in [1.54, 1.807) is 54.6 Å². The van der Waals surface area contributed by atoms with E-state index in [1.807, 2.05) is 31.2 Å². The summed E-state index contributed by atoms with van der Waals surface area (Å²) in [6, 6.07) is 21.9. The van der Waals surface area contributed by atoms with Crippen molar-refractivity contribution in [2.45, 2.75) is 6.92 Å². The van der Waals surface area contributed by atoms with Gasteiger partial charge in [0.05, 0.1) is 5.02 Å². The Bertz CT molecular complexity index is 1670. The number of amides is 1. The number of carbonyl (C=O) groups is 1. The van der Waals surface area contributed by atoms with Crippen LogP contribution in [0.5, 0.6) is 0 Å². The Kier molecular flexibility index (Phi) is 7.10. The highest BCUT2D eigenvalue weighted by atomic mass is 35.5. The molecular weight excluding hydrogens is 529 g/mol. The van der Waals surface area contributed by atoms with Crippen molar-refractivity contribution in [3.63, 3.8) is 0 Å². The summed E-state index contributed by atoms with van der Waals surface area (Å²) in [6.45, 7) is 2.01. The van der Waals surface area contributed by atoms with Crippen LogP contribution in [0.25, 0.3) is 40.0 Å². The topological polar surface area (TPSA) is 80.3 Å². The number of anilines is 1. The molecule has 0 atom stereocenters. The predicted octanol–water partition coefficient (Wildman–Crippen LogP) is 7.90. The molecule has 0 aliphatic heterocycles. The third kappa shape index (κ3) is 5.75. The van der Waals surface area contributed by atoms with Crippen molar-refractivity contribution in [2.75, 3.05) is 5.32 Å². The molecule has 37 heavy (non-hydrogen) atoms. The molecule has 0 aliphatic rings. The quantitative estimate of drug-likeness (QED) is 0.172. The Hall–Kier alpha value is -3.91. The lowest BCUT2D eigenvalue weighted by Crippen LogP contribution is -2.32. The summed E-state index contributed by atoms with van der Waals surface area (Å²) in [7, 11) is 0.